The predicted molar refractivity (Wildman–Crippen MR) is 88.1 cm³/mol. The number of aromatic nitrogens is 2. The summed E-state index contributed by atoms with van der Waals surface area (Å²) in [5.41, 5.74) is 1.52. The van der Waals surface area contributed by atoms with Crippen LogP contribution < -0.4 is 5.32 Å². The zero-order valence-electron chi connectivity index (χ0n) is 13.0. The molecule has 0 fully saturated rings. The van der Waals surface area contributed by atoms with Gasteiger partial charge >= 0.3 is 5.97 Å². The molecule has 2 aromatic heterocycles. The second kappa shape index (κ2) is 7.82. The van der Waals surface area contributed by atoms with Gasteiger partial charge in [-0.1, -0.05) is 20.3 Å². The van der Waals surface area contributed by atoms with Gasteiger partial charge in [-0.25, -0.2) is 9.78 Å². The van der Waals surface area contributed by atoms with Crippen molar-refractivity contribution in [1.82, 2.24) is 15.3 Å². The quantitative estimate of drug-likeness (QED) is 0.811. The van der Waals surface area contributed by atoms with Crippen LogP contribution in [0.15, 0.2) is 29.9 Å². The molecule has 0 aromatic carbocycles. The van der Waals surface area contributed by atoms with E-state index < -0.39 is 12.0 Å². The van der Waals surface area contributed by atoms with E-state index in [2.05, 4.69) is 15.3 Å². The normalized spacial score (nSPS) is 13.3. The van der Waals surface area contributed by atoms with E-state index in [1.807, 2.05) is 26.0 Å². The molecule has 122 valence electrons. The molecule has 0 aliphatic heterocycles. The van der Waals surface area contributed by atoms with Crippen LogP contribution in [0.3, 0.4) is 0 Å². The molecular weight excluding hydrogens is 314 g/mol. The molecular formula is C16H19N3O3S. The SMILES string of the molecule is CCC(C)C(NC(=O)Cc1csc(-c2cccnc2)n1)C(=O)O. The molecule has 6 nitrogen and oxygen atoms in total. The zero-order chi connectivity index (χ0) is 16.8. The third kappa shape index (κ3) is 4.59. The summed E-state index contributed by atoms with van der Waals surface area (Å²) < 4.78 is 0. The molecule has 0 spiro atoms. The van der Waals surface area contributed by atoms with E-state index in [0.717, 1.165) is 10.6 Å². The number of nitrogens with zero attached hydrogens (tertiary/aromatic N) is 2. The molecule has 2 unspecified atom stereocenters. The van der Waals surface area contributed by atoms with Gasteiger partial charge in [0.2, 0.25) is 5.91 Å². The van der Waals surface area contributed by atoms with Crippen LogP contribution >= 0.6 is 11.3 Å². The highest BCUT2D eigenvalue weighted by Crippen LogP contribution is 2.22. The van der Waals surface area contributed by atoms with Gasteiger partial charge < -0.3 is 10.4 Å². The molecule has 2 atom stereocenters. The highest BCUT2D eigenvalue weighted by atomic mass is 32.1. The van der Waals surface area contributed by atoms with Crippen molar-refractivity contribution in [2.45, 2.75) is 32.7 Å². The fourth-order valence-electron chi connectivity index (χ4n) is 2.08. The number of carbonyl (C=O) groups excluding carboxylic acids is 1. The Morgan fingerprint density at radius 1 is 1.43 bits per heavy atom. The molecule has 1 amide bonds. The lowest BCUT2D eigenvalue weighted by Crippen LogP contribution is -2.45. The van der Waals surface area contributed by atoms with Gasteiger partial charge in [0.25, 0.3) is 0 Å². The average Bonchev–Trinajstić information content (AvgIpc) is 3.01. The van der Waals surface area contributed by atoms with Crippen molar-refractivity contribution < 1.29 is 14.7 Å². The molecule has 2 rings (SSSR count). The lowest BCUT2D eigenvalue weighted by atomic mass is 9.99. The summed E-state index contributed by atoms with van der Waals surface area (Å²) in [6, 6.07) is 2.86. The summed E-state index contributed by atoms with van der Waals surface area (Å²) >= 11 is 1.43. The van der Waals surface area contributed by atoms with Gasteiger partial charge in [-0.3, -0.25) is 9.78 Å². The van der Waals surface area contributed by atoms with E-state index in [1.165, 1.54) is 11.3 Å². The van der Waals surface area contributed by atoms with Crippen molar-refractivity contribution in [3.05, 3.63) is 35.6 Å². The van der Waals surface area contributed by atoms with Crippen molar-refractivity contribution in [1.29, 1.82) is 0 Å². The Labute approximate surface area is 138 Å². The van der Waals surface area contributed by atoms with Crippen LogP contribution in [0.25, 0.3) is 10.6 Å². The minimum absolute atomic E-state index is 0.0664. The number of carbonyl (C=O) groups is 2. The Hall–Kier alpha value is -2.28. The number of thiazole rings is 1. The van der Waals surface area contributed by atoms with E-state index in [0.29, 0.717) is 12.1 Å². The number of rotatable bonds is 7. The second-order valence-corrected chi connectivity index (χ2v) is 6.19. The second-order valence-electron chi connectivity index (χ2n) is 5.33. The number of aliphatic carboxylic acids is 1. The number of nitrogens with one attached hydrogen (secondary N) is 1. The lowest BCUT2D eigenvalue weighted by Gasteiger charge is -2.19. The minimum atomic E-state index is -1.01. The lowest BCUT2D eigenvalue weighted by molar-refractivity contribution is -0.143. The van der Waals surface area contributed by atoms with Crippen LogP contribution in [0.4, 0.5) is 0 Å². The zero-order valence-corrected chi connectivity index (χ0v) is 13.8. The van der Waals surface area contributed by atoms with Crippen molar-refractivity contribution in [2.24, 2.45) is 5.92 Å². The highest BCUT2D eigenvalue weighted by Gasteiger charge is 2.25. The fraction of sp³-hybridized carbons (Fsp3) is 0.375. The Bertz CT molecular complexity index is 672. The van der Waals surface area contributed by atoms with Crippen LogP contribution in [-0.2, 0) is 16.0 Å². The topological polar surface area (TPSA) is 92.2 Å². The van der Waals surface area contributed by atoms with E-state index in [4.69, 9.17) is 0 Å². The largest absolute Gasteiger partial charge is 0.480 e. The molecule has 0 saturated heterocycles. The third-order valence-electron chi connectivity index (χ3n) is 3.60. The Kier molecular flexibility index (Phi) is 5.81. The molecule has 0 aliphatic rings. The third-order valence-corrected chi connectivity index (χ3v) is 4.54. The Morgan fingerprint density at radius 2 is 2.22 bits per heavy atom. The number of pyridine rings is 1. The molecule has 0 aliphatic carbocycles. The first kappa shape index (κ1) is 17.1. The summed E-state index contributed by atoms with van der Waals surface area (Å²) in [6.45, 7) is 3.70. The van der Waals surface area contributed by atoms with Gasteiger partial charge in [0.15, 0.2) is 0 Å². The smallest absolute Gasteiger partial charge is 0.326 e. The van der Waals surface area contributed by atoms with Crippen molar-refractivity contribution in [3.8, 4) is 10.6 Å². The maximum atomic E-state index is 12.1. The maximum Gasteiger partial charge on any atom is 0.326 e. The van der Waals surface area contributed by atoms with Gasteiger partial charge in [-0.15, -0.1) is 11.3 Å². The maximum absolute atomic E-state index is 12.1. The molecule has 2 heterocycles. The molecule has 23 heavy (non-hydrogen) atoms. The van der Waals surface area contributed by atoms with E-state index in [9.17, 15) is 14.7 Å². The fourth-order valence-corrected chi connectivity index (χ4v) is 2.89. The van der Waals surface area contributed by atoms with Gasteiger partial charge in [-0.05, 0) is 18.1 Å². The molecule has 7 heteroatoms. The Morgan fingerprint density at radius 3 is 2.83 bits per heavy atom. The summed E-state index contributed by atoms with van der Waals surface area (Å²) in [4.78, 5) is 31.8. The first-order valence-corrected chi connectivity index (χ1v) is 8.26. The average molecular weight is 333 g/mol. The summed E-state index contributed by atoms with van der Waals surface area (Å²) in [5.74, 6) is -1.47. The number of hydrogen-bond acceptors (Lipinski definition) is 5. The summed E-state index contributed by atoms with van der Waals surface area (Å²) in [5, 5.41) is 14.4. The highest BCUT2D eigenvalue weighted by molar-refractivity contribution is 7.13. The van der Waals surface area contributed by atoms with Gasteiger partial charge in [0, 0.05) is 23.3 Å². The van der Waals surface area contributed by atoms with Crippen LogP contribution in [-0.4, -0.2) is 33.0 Å². The molecule has 2 aromatic rings. The van der Waals surface area contributed by atoms with Gasteiger partial charge in [0.05, 0.1) is 12.1 Å². The summed E-state index contributed by atoms with van der Waals surface area (Å²) in [6.07, 6.45) is 4.15. The molecule has 2 N–H and O–H groups in total. The summed E-state index contributed by atoms with van der Waals surface area (Å²) in [7, 11) is 0. The van der Waals surface area contributed by atoms with Crippen LogP contribution in [0.2, 0.25) is 0 Å². The molecule has 0 radical (unpaired) electrons. The standard InChI is InChI=1S/C16H19N3O3S/c1-3-10(2)14(16(21)22)19-13(20)7-12-9-23-15(18-12)11-5-4-6-17-8-11/h4-6,8-10,14H,3,7H2,1-2H3,(H,19,20)(H,21,22). The van der Waals surface area contributed by atoms with Crippen molar-refractivity contribution in [3.63, 3.8) is 0 Å². The first-order valence-electron chi connectivity index (χ1n) is 7.38. The van der Waals surface area contributed by atoms with Gasteiger partial charge in [0.1, 0.15) is 11.0 Å². The molecule has 0 saturated carbocycles. The minimum Gasteiger partial charge on any atom is -0.480 e. The predicted octanol–water partition coefficient (Wildman–Crippen LogP) is 2.36. The number of carboxylic acids is 1. The first-order chi connectivity index (χ1) is 11.0. The van der Waals surface area contributed by atoms with E-state index >= 15 is 0 Å². The number of amides is 1. The number of carboxylic acid groups (broad SMARTS) is 1. The van der Waals surface area contributed by atoms with Crippen LogP contribution in [0.5, 0.6) is 0 Å². The number of hydrogen-bond donors (Lipinski definition) is 2. The van der Waals surface area contributed by atoms with Crippen molar-refractivity contribution >= 4 is 23.2 Å². The Balaban J connectivity index is 2.01. The molecule has 0 bridgehead atoms. The van der Waals surface area contributed by atoms with E-state index in [-0.39, 0.29) is 18.2 Å². The monoisotopic (exact) mass is 333 g/mol. The van der Waals surface area contributed by atoms with Crippen molar-refractivity contribution in [2.75, 3.05) is 0 Å². The van der Waals surface area contributed by atoms with Crippen LogP contribution in [0, 0.1) is 5.92 Å². The van der Waals surface area contributed by atoms with Crippen LogP contribution in [0.1, 0.15) is 26.0 Å². The van der Waals surface area contributed by atoms with Gasteiger partial charge in [-0.2, -0.15) is 0 Å². The van der Waals surface area contributed by atoms with E-state index in [1.54, 1.807) is 17.8 Å².